The van der Waals surface area contributed by atoms with Crippen LogP contribution in [0.15, 0.2) is 76.6 Å². The van der Waals surface area contributed by atoms with E-state index in [-0.39, 0.29) is 17.4 Å². The van der Waals surface area contributed by atoms with Crippen LogP contribution in [0.5, 0.6) is 0 Å². The van der Waals surface area contributed by atoms with Crippen molar-refractivity contribution in [3.63, 3.8) is 0 Å². The molecule has 2 aromatic heterocycles. The average molecular weight is 450 g/mol. The number of H-pyrrole nitrogens is 1. The fourth-order valence-electron chi connectivity index (χ4n) is 3.73. The summed E-state index contributed by atoms with van der Waals surface area (Å²) in [7, 11) is 0. The van der Waals surface area contributed by atoms with Gasteiger partial charge in [0.1, 0.15) is 17.7 Å². The van der Waals surface area contributed by atoms with Gasteiger partial charge in [0.2, 0.25) is 5.91 Å². The number of fused-ring (bicyclic) bond motifs is 1. The number of halogens is 2. The van der Waals surface area contributed by atoms with Gasteiger partial charge in [-0.05, 0) is 24.6 Å². The van der Waals surface area contributed by atoms with Crippen LogP contribution in [0, 0.1) is 11.6 Å². The molecule has 0 saturated heterocycles. The molecule has 1 amide bonds. The summed E-state index contributed by atoms with van der Waals surface area (Å²) in [5.41, 5.74) is -0.325. The van der Waals surface area contributed by atoms with E-state index in [1.165, 1.54) is 31.5 Å². The number of nitrogens with one attached hydrogen (secondary N) is 2. The summed E-state index contributed by atoms with van der Waals surface area (Å²) in [5.74, 6) is -2.21. The molecule has 0 aliphatic rings. The van der Waals surface area contributed by atoms with E-state index in [1.807, 2.05) is 0 Å². The van der Waals surface area contributed by atoms with E-state index in [9.17, 15) is 23.2 Å². The minimum Gasteiger partial charge on any atom is -0.348 e. The standard InChI is InChI=1S/C24H20F2N4O3/c1-14(17-8-7-16(25)12-19(17)26)28-22(31)21(11-15-5-3-2-4-6-15)30-23(32)18-13-27-10-9-20(18)29-24(30)33/h2-10,12-14,21H,11H2,1H3,(H,28,31)(H,29,33)/t14-,21+/m1/s1. The number of rotatable bonds is 6. The molecule has 9 heteroatoms. The predicted octanol–water partition coefficient (Wildman–Crippen LogP) is 3.02. The SMILES string of the molecule is C[C@@H](NC(=O)[C@H](Cc1ccccc1)n1c(=O)[nH]c2ccncc2c1=O)c1ccc(F)cc1F. The van der Waals surface area contributed by atoms with Gasteiger partial charge in [-0.3, -0.25) is 14.6 Å². The van der Waals surface area contributed by atoms with Crippen LogP contribution in [0.2, 0.25) is 0 Å². The number of hydrogen-bond donors (Lipinski definition) is 2. The number of carbonyl (C=O) groups is 1. The molecule has 4 rings (SSSR count). The summed E-state index contributed by atoms with van der Waals surface area (Å²) in [6.45, 7) is 1.53. The van der Waals surface area contributed by atoms with Gasteiger partial charge >= 0.3 is 5.69 Å². The zero-order valence-electron chi connectivity index (χ0n) is 17.6. The molecular formula is C24H20F2N4O3. The van der Waals surface area contributed by atoms with Crippen molar-refractivity contribution in [3.8, 4) is 0 Å². The first kappa shape index (κ1) is 22.1. The number of nitrogens with zero attached hydrogens (tertiary/aromatic N) is 2. The Morgan fingerprint density at radius 3 is 2.61 bits per heavy atom. The fraction of sp³-hybridized carbons (Fsp3) is 0.167. The van der Waals surface area contributed by atoms with Crippen molar-refractivity contribution >= 4 is 16.8 Å². The van der Waals surface area contributed by atoms with Crippen LogP contribution in [0.3, 0.4) is 0 Å². The Bertz CT molecular complexity index is 1430. The number of carbonyl (C=O) groups excluding carboxylic acids is 1. The van der Waals surface area contributed by atoms with Gasteiger partial charge in [-0.25, -0.2) is 18.1 Å². The predicted molar refractivity (Wildman–Crippen MR) is 119 cm³/mol. The summed E-state index contributed by atoms with van der Waals surface area (Å²) in [6.07, 6.45) is 2.80. The molecule has 2 aromatic carbocycles. The van der Waals surface area contributed by atoms with E-state index in [0.717, 1.165) is 22.3 Å². The zero-order chi connectivity index (χ0) is 23.5. The van der Waals surface area contributed by atoms with Crippen molar-refractivity contribution in [2.24, 2.45) is 0 Å². The van der Waals surface area contributed by atoms with Crippen LogP contribution >= 0.6 is 0 Å². The maximum Gasteiger partial charge on any atom is 0.329 e. The number of pyridine rings is 1. The lowest BCUT2D eigenvalue weighted by Crippen LogP contribution is -2.46. The van der Waals surface area contributed by atoms with Crippen LogP contribution in [-0.4, -0.2) is 20.4 Å². The summed E-state index contributed by atoms with van der Waals surface area (Å²) in [5, 5.41) is 2.80. The highest BCUT2D eigenvalue weighted by molar-refractivity contribution is 5.82. The van der Waals surface area contributed by atoms with Gasteiger partial charge in [-0.2, -0.15) is 0 Å². The van der Waals surface area contributed by atoms with Gasteiger partial charge in [0.25, 0.3) is 5.56 Å². The largest absolute Gasteiger partial charge is 0.348 e. The Morgan fingerprint density at radius 2 is 1.88 bits per heavy atom. The van der Waals surface area contributed by atoms with Crippen LogP contribution in [0.25, 0.3) is 10.9 Å². The maximum atomic E-state index is 14.2. The number of amides is 1. The second-order valence-electron chi connectivity index (χ2n) is 7.63. The molecule has 33 heavy (non-hydrogen) atoms. The molecule has 2 N–H and O–H groups in total. The van der Waals surface area contributed by atoms with Crippen molar-refractivity contribution in [2.45, 2.75) is 25.4 Å². The zero-order valence-corrected chi connectivity index (χ0v) is 17.6. The van der Waals surface area contributed by atoms with E-state index in [0.29, 0.717) is 5.52 Å². The molecule has 0 fully saturated rings. The second-order valence-corrected chi connectivity index (χ2v) is 7.63. The van der Waals surface area contributed by atoms with E-state index < -0.39 is 40.9 Å². The Morgan fingerprint density at radius 1 is 1.12 bits per heavy atom. The van der Waals surface area contributed by atoms with Crippen LogP contribution in [-0.2, 0) is 11.2 Å². The highest BCUT2D eigenvalue weighted by Gasteiger charge is 2.27. The summed E-state index contributed by atoms with van der Waals surface area (Å²) in [6, 6.07) is 11.4. The maximum absolute atomic E-state index is 14.2. The first-order valence-corrected chi connectivity index (χ1v) is 10.2. The lowest BCUT2D eigenvalue weighted by atomic mass is 10.0. The van der Waals surface area contributed by atoms with Crippen molar-refractivity contribution < 1.29 is 13.6 Å². The average Bonchev–Trinajstić information content (AvgIpc) is 2.79. The van der Waals surface area contributed by atoms with Gasteiger partial charge in [0.15, 0.2) is 0 Å². The van der Waals surface area contributed by atoms with Crippen molar-refractivity contribution in [1.29, 1.82) is 0 Å². The highest BCUT2D eigenvalue weighted by atomic mass is 19.1. The van der Waals surface area contributed by atoms with Gasteiger partial charge in [0, 0.05) is 30.4 Å². The molecule has 2 atom stereocenters. The topological polar surface area (TPSA) is 96.8 Å². The van der Waals surface area contributed by atoms with Gasteiger partial charge in [0.05, 0.1) is 16.9 Å². The van der Waals surface area contributed by atoms with E-state index in [1.54, 1.807) is 30.3 Å². The van der Waals surface area contributed by atoms with Crippen molar-refractivity contribution in [3.05, 3.63) is 111 Å². The summed E-state index contributed by atoms with van der Waals surface area (Å²) < 4.78 is 28.3. The first-order chi connectivity index (χ1) is 15.8. The normalized spacial score (nSPS) is 12.9. The third-order valence-corrected chi connectivity index (χ3v) is 5.40. The van der Waals surface area contributed by atoms with E-state index in [4.69, 9.17) is 0 Å². The number of hydrogen-bond acceptors (Lipinski definition) is 4. The molecule has 7 nitrogen and oxygen atoms in total. The molecule has 2 heterocycles. The molecule has 0 saturated carbocycles. The van der Waals surface area contributed by atoms with Gasteiger partial charge in [-0.15, -0.1) is 0 Å². The number of aromatic nitrogens is 3. The fourth-order valence-corrected chi connectivity index (χ4v) is 3.73. The first-order valence-electron chi connectivity index (χ1n) is 10.2. The minimum atomic E-state index is -1.22. The second kappa shape index (κ2) is 9.15. The molecule has 168 valence electrons. The lowest BCUT2D eigenvalue weighted by Gasteiger charge is -2.22. The van der Waals surface area contributed by atoms with Crippen molar-refractivity contribution in [1.82, 2.24) is 19.9 Å². The molecule has 0 bridgehead atoms. The summed E-state index contributed by atoms with van der Waals surface area (Å²) in [4.78, 5) is 45.8. The molecule has 4 aromatic rings. The Kier molecular flexibility index (Phi) is 6.12. The third kappa shape index (κ3) is 4.57. The minimum absolute atomic E-state index is 0.0417. The van der Waals surface area contributed by atoms with Crippen molar-refractivity contribution in [2.75, 3.05) is 0 Å². The lowest BCUT2D eigenvalue weighted by molar-refractivity contribution is -0.125. The Hall–Kier alpha value is -4.14. The third-order valence-electron chi connectivity index (χ3n) is 5.40. The number of benzene rings is 2. The molecule has 0 aliphatic heterocycles. The number of aromatic amines is 1. The molecule has 0 unspecified atom stereocenters. The van der Waals surface area contributed by atoms with Crippen LogP contribution in [0.4, 0.5) is 8.78 Å². The van der Waals surface area contributed by atoms with E-state index in [2.05, 4.69) is 15.3 Å². The van der Waals surface area contributed by atoms with E-state index >= 15 is 0 Å². The van der Waals surface area contributed by atoms with Gasteiger partial charge < -0.3 is 10.3 Å². The van der Waals surface area contributed by atoms with Crippen LogP contribution < -0.4 is 16.6 Å². The monoisotopic (exact) mass is 450 g/mol. The Balaban J connectivity index is 1.76. The molecular weight excluding hydrogens is 430 g/mol. The smallest absolute Gasteiger partial charge is 0.329 e. The Labute approximate surface area is 186 Å². The van der Waals surface area contributed by atoms with Gasteiger partial charge in [-0.1, -0.05) is 36.4 Å². The molecule has 0 radical (unpaired) electrons. The highest BCUT2D eigenvalue weighted by Crippen LogP contribution is 2.20. The molecule has 0 aliphatic carbocycles. The van der Waals surface area contributed by atoms with Crippen LogP contribution in [0.1, 0.15) is 30.1 Å². The quantitative estimate of drug-likeness (QED) is 0.472. The molecule has 0 spiro atoms. The summed E-state index contributed by atoms with van der Waals surface area (Å²) >= 11 is 0.